The molecular formula is C9H13ClN4O3. The van der Waals surface area contributed by atoms with Crippen LogP contribution in [0.1, 0.15) is 18.2 Å². The Kier molecular flexibility index (Phi) is 3.34. The van der Waals surface area contributed by atoms with Crippen LogP contribution in [0, 0.1) is 0 Å². The Hall–Kier alpha value is -1.15. The number of nitrogens with zero attached hydrogens (tertiary/aromatic N) is 2. The van der Waals surface area contributed by atoms with E-state index in [0.29, 0.717) is 5.69 Å². The first-order valence-electron chi connectivity index (χ1n) is 5.05. The zero-order chi connectivity index (χ0) is 12.6. The number of aromatic nitrogens is 2. The predicted octanol–water partition coefficient (Wildman–Crippen LogP) is -0.522. The van der Waals surface area contributed by atoms with Gasteiger partial charge in [0.2, 0.25) is 0 Å². The molecule has 17 heavy (non-hydrogen) atoms. The fourth-order valence-corrected chi connectivity index (χ4v) is 1.89. The van der Waals surface area contributed by atoms with Gasteiger partial charge in [-0.3, -0.25) is 0 Å². The third-order valence-electron chi connectivity index (χ3n) is 2.64. The molecule has 0 saturated carbocycles. The van der Waals surface area contributed by atoms with Gasteiger partial charge in [-0.1, -0.05) is 11.6 Å². The van der Waals surface area contributed by atoms with E-state index in [0.717, 1.165) is 0 Å². The molecule has 1 aromatic rings. The Morgan fingerprint density at radius 3 is 2.65 bits per heavy atom. The Morgan fingerprint density at radius 2 is 2.06 bits per heavy atom. The fourth-order valence-electron chi connectivity index (χ4n) is 1.76. The summed E-state index contributed by atoms with van der Waals surface area (Å²) in [5.41, 5.74) is 11.5. The highest BCUT2D eigenvalue weighted by atomic mass is 35.5. The minimum atomic E-state index is -0.762. The summed E-state index contributed by atoms with van der Waals surface area (Å²) in [7, 11) is 0. The summed E-state index contributed by atoms with van der Waals surface area (Å²) >= 11 is 5.75. The molecule has 0 spiro atoms. The van der Waals surface area contributed by atoms with Crippen LogP contribution in [-0.4, -0.2) is 39.0 Å². The molecule has 2 rings (SSSR count). The van der Waals surface area contributed by atoms with Crippen molar-refractivity contribution >= 4 is 23.2 Å². The van der Waals surface area contributed by atoms with Gasteiger partial charge >= 0.3 is 0 Å². The lowest BCUT2D eigenvalue weighted by atomic mass is 10.1. The molecule has 0 aromatic carbocycles. The standard InChI is InChI=1S/C9H13ClN4O3/c10-7-9(12)14-8(11)6(13-7)4-1-3(16)5(2-15)17-4/h3-5,15-16H,1-2H2,(H4,11,12,14). The van der Waals surface area contributed by atoms with Crippen LogP contribution >= 0.6 is 11.6 Å². The maximum atomic E-state index is 9.60. The van der Waals surface area contributed by atoms with E-state index in [1.165, 1.54) is 0 Å². The lowest BCUT2D eigenvalue weighted by Crippen LogP contribution is -2.24. The second-order valence-corrected chi connectivity index (χ2v) is 4.18. The van der Waals surface area contributed by atoms with Crippen LogP contribution in [0.5, 0.6) is 0 Å². The highest BCUT2D eigenvalue weighted by Crippen LogP contribution is 2.35. The maximum absolute atomic E-state index is 9.60. The van der Waals surface area contributed by atoms with Crippen LogP contribution in [0.15, 0.2) is 0 Å². The largest absolute Gasteiger partial charge is 0.394 e. The van der Waals surface area contributed by atoms with E-state index in [9.17, 15) is 5.11 Å². The molecule has 1 aliphatic rings. The Morgan fingerprint density at radius 1 is 1.35 bits per heavy atom. The summed E-state index contributed by atoms with van der Waals surface area (Å²) in [6.07, 6.45) is -1.66. The molecule has 2 heterocycles. The van der Waals surface area contributed by atoms with E-state index in [2.05, 4.69) is 9.97 Å². The molecule has 0 aliphatic carbocycles. The van der Waals surface area contributed by atoms with Crippen molar-refractivity contribution < 1.29 is 14.9 Å². The number of nitrogen functional groups attached to an aromatic ring is 2. The second-order valence-electron chi connectivity index (χ2n) is 3.82. The number of aliphatic hydroxyl groups is 2. The van der Waals surface area contributed by atoms with Crippen LogP contribution in [0.25, 0.3) is 0 Å². The predicted molar refractivity (Wildman–Crippen MR) is 61.2 cm³/mol. The Bertz CT molecular complexity index is 431. The van der Waals surface area contributed by atoms with Crippen molar-refractivity contribution in [1.29, 1.82) is 0 Å². The van der Waals surface area contributed by atoms with Crippen LogP contribution in [0.4, 0.5) is 11.6 Å². The molecule has 1 fully saturated rings. The van der Waals surface area contributed by atoms with E-state index in [-0.39, 0.29) is 29.8 Å². The SMILES string of the molecule is Nc1nc(N)c(C2CC(O)C(CO)O2)nc1Cl. The zero-order valence-corrected chi connectivity index (χ0v) is 9.63. The van der Waals surface area contributed by atoms with Crippen molar-refractivity contribution in [2.45, 2.75) is 24.7 Å². The molecule has 3 unspecified atom stereocenters. The van der Waals surface area contributed by atoms with Crippen LogP contribution in [0.3, 0.4) is 0 Å². The highest BCUT2D eigenvalue weighted by molar-refractivity contribution is 6.31. The normalized spacial score (nSPS) is 28.5. The van der Waals surface area contributed by atoms with Gasteiger partial charge < -0.3 is 26.4 Å². The minimum Gasteiger partial charge on any atom is -0.394 e. The third kappa shape index (κ3) is 2.27. The van der Waals surface area contributed by atoms with Gasteiger partial charge in [0.15, 0.2) is 11.0 Å². The quantitative estimate of drug-likeness (QED) is 0.563. The molecule has 94 valence electrons. The van der Waals surface area contributed by atoms with Gasteiger partial charge in [0.05, 0.1) is 12.7 Å². The van der Waals surface area contributed by atoms with Crippen molar-refractivity contribution in [1.82, 2.24) is 9.97 Å². The van der Waals surface area contributed by atoms with Gasteiger partial charge in [-0.25, -0.2) is 9.97 Å². The average molecular weight is 261 g/mol. The molecule has 3 atom stereocenters. The number of anilines is 2. The number of rotatable bonds is 2. The first kappa shape index (κ1) is 12.3. The number of aliphatic hydroxyl groups excluding tert-OH is 2. The molecule has 8 heteroatoms. The van der Waals surface area contributed by atoms with E-state index >= 15 is 0 Å². The van der Waals surface area contributed by atoms with Crippen molar-refractivity contribution in [3.8, 4) is 0 Å². The van der Waals surface area contributed by atoms with Crippen LogP contribution < -0.4 is 11.5 Å². The van der Waals surface area contributed by atoms with E-state index in [4.69, 9.17) is 32.9 Å². The second kappa shape index (κ2) is 4.61. The summed E-state index contributed by atoms with van der Waals surface area (Å²) < 4.78 is 5.40. The summed E-state index contributed by atoms with van der Waals surface area (Å²) in [5, 5.41) is 18.6. The average Bonchev–Trinajstić information content (AvgIpc) is 2.65. The first-order chi connectivity index (χ1) is 8.02. The number of hydrogen-bond donors (Lipinski definition) is 4. The van der Waals surface area contributed by atoms with Gasteiger partial charge in [0.1, 0.15) is 23.7 Å². The summed E-state index contributed by atoms with van der Waals surface area (Å²) in [4.78, 5) is 7.82. The zero-order valence-electron chi connectivity index (χ0n) is 8.88. The van der Waals surface area contributed by atoms with Gasteiger partial charge in [-0.05, 0) is 0 Å². The fraction of sp³-hybridized carbons (Fsp3) is 0.556. The number of ether oxygens (including phenoxy) is 1. The maximum Gasteiger partial charge on any atom is 0.171 e. The van der Waals surface area contributed by atoms with Crippen molar-refractivity contribution in [2.75, 3.05) is 18.1 Å². The van der Waals surface area contributed by atoms with E-state index in [1.54, 1.807) is 0 Å². The molecule has 6 N–H and O–H groups in total. The van der Waals surface area contributed by atoms with E-state index in [1.807, 2.05) is 0 Å². The summed E-state index contributed by atoms with van der Waals surface area (Å²) in [6.45, 7) is -0.270. The lowest BCUT2D eigenvalue weighted by Gasteiger charge is -2.13. The van der Waals surface area contributed by atoms with Crippen molar-refractivity contribution in [2.24, 2.45) is 0 Å². The monoisotopic (exact) mass is 260 g/mol. The Labute approximate surface area is 102 Å². The minimum absolute atomic E-state index is 0.0414. The third-order valence-corrected chi connectivity index (χ3v) is 2.92. The van der Waals surface area contributed by atoms with Crippen molar-refractivity contribution in [3.63, 3.8) is 0 Å². The lowest BCUT2D eigenvalue weighted by molar-refractivity contribution is -0.0234. The molecule has 0 bridgehead atoms. The summed E-state index contributed by atoms with van der Waals surface area (Å²) in [6, 6.07) is 0. The number of hydrogen-bond acceptors (Lipinski definition) is 7. The molecule has 1 saturated heterocycles. The van der Waals surface area contributed by atoms with Crippen LogP contribution in [-0.2, 0) is 4.74 Å². The number of halogens is 1. The Balaban J connectivity index is 2.27. The molecule has 0 radical (unpaired) electrons. The van der Waals surface area contributed by atoms with Gasteiger partial charge in [0.25, 0.3) is 0 Å². The van der Waals surface area contributed by atoms with Gasteiger partial charge in [0, 0.05) is 6.42 Å². The molecular weight excluding hydrogens is 248 g/mol. The first-order valence-corrected chi connectivity index (χ1v) is 5.43. The van der Waals surface area contributed by atoms with Gasteiger partial charge in [-0.2, -0.15) is 0 Å². The molecule has 1 aliphatic heterocycles. The van der Waals surface area contributed by atoms with Crippen LogP contribution in [0.2, 0.25) is 5.15 Å². The molecule has 0 amide bonds. The van der Waals surface area contributed by atoms with E-state index < -0.39 is 18.3 Å². The number of nitrogens with two attached hydrogens (primary N) is 2. The molecule has 7 nitrogen and oxygen atoms in total. The van der Waals surface area contributed by atoms with Gasteiger partial charge in [-0.15, -0.1) is 0 Å². The smallest absolute Gasteiger partial charge is 0.171 e. The molecule has 1 aromatic heterocycles. The topological polar surface area (TPSA) is 128 Å². The van der Waals surface area contributed by atoms with Crippen molar-refractivity contribution in [3.05, 3.63) is 10.8 Å². The highest BCUT2D eigenvalue weighted by Gasteiger charge is 2.36. The summed E-state index contributed by atoms with van der Waals surface area (Å²) in [5.74, 6) is 0.160.